The summed E-state index contributed by atoms with van der Waals surface area (Å²) < 4.78 is 7.12. The summed E-state index contributed by atoms with van der Waals surface area (Å²) in [5.74, 6) is 1.25. The van der Waals surface area contributed by atoms with Crippen LogP contribution < -0.4 is 10.5 Å². The molecule has 0 radical (unpaired) electrons. The maximum Gasteiger partial charge on any atom is 0.139 e. The molecule has 0 saturated carbocycles. The van der Waals surface area contributed by atoms with Gasteiger partial charge in [-0.15, -0.1) is 0 Å². The molecule has 0 aliphatic heterocycles. The molecule has 4 nitrogen and oxygen atoms in total. The molecule has 0 atom stereocenters. The van der Waals surface area contributed by atoms with Crippen LogP contribution in [-0.2, 0) is 0 Å². The summed E-state index contributed by atoms with van der Waals surface area (Å²) in [6.07, 6.45) is 0. The minimum absolute atomic E-state index is 0.541. The van der Waals surface area contributed by atoms with E-state index in [4.69, 9.17) is 22.1 Å². The lowest BCUT2D eigenvalue weighted by Crippen LogP contribution is -1.98. The van der Waals surface area contributed by atoms with E-state index in [0.717, 1.165) is 28.2 Å². The second-order valence-corrected chi connectivity index (χ2v) is 5.47. The maximum absolute atomic E-state index is 6.27. The molecule has 5 heteroatoms. The van der Waals surface area contributed by atoms with E-state index < -0.39 is 0 Å². The van der Waals surface area contributed by atoms with E-state index in [-0.39, 0.29) is 0 Å². The van der Waals surface area contributed by atoms with Gasteiger partial charge in [0, 0.05) is 11.3 Å². The van der Waals surface area contributed by atoms with Crippen LogP contribution in [0.15, 0.2) is 30.3 Å². The van der Waals surface area contributed by atoms with Gasteiger partial charge in [-0.25, -0.2) is 4.98 Å². The number of nitrogens with zero attached hydrogens (tertiary/aromatic N) is 2. The van der Waals surface area contributed by atoms with Gasteiger partial charge in [0.1, 0.15) is 22.9 Å². The zero-order chi connectivity index (χ0) is 15.1. The van der Waals surface area contributed by atoms with Gasteiger partial charge in [-0.1, -0.05) is 11.6 Å². The molecule has 2 aromatic heterocycles. The summed E-state index contributed by atoms with van der Waals surface area (Å²) >= 11 is 6.19. The van der Waals surface area contributed by atoms with Crippen molar-refractivity contribution in [1.82, 2.24) is 9.38 Å². The standard InChI is InChI=1S/C16H16ClN3O/c1-9-6-10(2)20-14(7-9)19-15(16(20)18)11-4-5-13(21-3)12(17)8-11/h4-8H,18H2,1-3H3. The van der Waals surface area contributed by atoms with E-state index in [1.54, 1.807) is 7.11 Å². The number of halogens is 1. The van der Waals surface area contributed by atoms with Crippen molar-refractivity contribution >= 4 is 23.1 Å². The zero-order valence-electron chi connectivity index (χ0n) is 12.1. The molecule has 0 fully saturated rings. The van der Waals surface area contributed by atoms with Crippen LogP contribution in [-0.4, -0.2) is 16.5 Å². The zero-order valence-corrected chi connectivity index (χ0v) is 12.9. The SMILES string of the molecule is COc1ccc(-c2nc3cc(C)cc(C)n3c2N)cc1Cl. The number of nitrogens with two attached hydrogens (primary N) is 1. The van der Waals surface area contributed by atoms with E-state index >= 15 is 0 Å². The third kappa shape index (κ3) is 2.21. The van der Waals surface area contributed by atoms with Crippen LogP contribution in [0.25, 0.3) is 16.9 Å². The first-order valence-corrected chi connectivity index (χ1v) is 6.98. The van der Waals surface area contributed by atoms with Gasteiger partial charge in [0.15, 0.2) is 0 Å². The van der Waals surface area contributed by atoms with Crippen LogP contribution >= 0.6 is 11.6 Å². The summed E-state index contributed by atoms with van der Waals surface area (Å²) in [5.41, 5.74) is 10.9. The second-order valence-electron chi connectivity index (χ2n) is 5.06. The van der Waals surface area contributed by atoms with Gasteiger partial charge in [0.05, 0.1) is 12.1 Å². The molecular formula is C16H16ClN3O. The first kappa shape index (κ1) is 13.8. The number of fused-ring (bicyclic) bond motifs is 1. The van der Waals surface area contributed by atoms with E-state index in [0.29, 0.717) is 16.6 Å². The number of nitrogen functional groups attached to an aromatic ring is 1. The third-order valence-electron chi connectivity index (χ3n) is 3.51. The molecule has 0 spiro atoms. The van der Waals surface area contributed by atoms with Gasteiger partial charge in [0.25, 0.3) is 0 Å². The van der Waals surface area contributed by atoms with E-state index in [1.807, 2.05) is 42.5 Å². The highest BCUT2D eigenvalue weighted by Crippen LogP contribution is 2.33. The molecule has 0 aliphatic rings. The van der Waals surface area contributed by atoms with Gasteiger partial charge in [0.2, 0.25) is 0 Å². The smallest absolute Gasteiger partial charge is 0.139 e. The van der Waals surface area contributed by atoms with Crippen LogP contribution in [0.2, 0.25) is 5.02 Å². The predicted octanol–water partition coefficient (Wildman–Crippen LogP) is 3.86. The molecule has 1 aromatic carbocycles. The molecule has 2 heterocycles. The highest BCUT2D eigenvalue weighted by atomic mass is 35.5. The summed E-state index contributed by atoms with van der Waals surface area (Å²) in [6, 6.07) is 9.64. The Labute approximate surface area is 128 Å². The van der Waals surface area contributed by atoms with E-state index in [9.17, 15) is 0 Å². The number of rotatable bonds is 2. The summed E-state index contributed by atoms with van der Waals surface area (Å²) in [6.45, 7) is 4.06. The minimum atomic E-state index is 0.541. The fourth-order valence-electron chi connectivity index (χ4n) is 2.58. The average Bonchev–Trinajstić information content (AvgIpc) is 2.75. The van der Waals surface area contributed by atoms with Gasteiger partial charge in [-0.2, -0.15) is 0 Å². The lowest BCUT2D eigenvalue weighted by atomic mass is 10.1. The largest absolute Gasteiger partial charge is 0.495 e. The lowest BCUT2D eigenvalue weighted by Gasteiger charge is -2.06. The number of hydrogen-bond donors (Lipinski definition) is 1. The number of pyridine rings is 1. The Balaban J connectivity index is 2.23. The number of imidazole rings is 1. The highest BCUT2D eigenvalue weighted by molar-refractivity contribution is 6.32. The number of anilines is 1. The Morgan fingerprint density at radius 3 is 2.62 bits per heavy atom. The Bertz CT molecular complexity index is 839. The molecule has 21 heavy (non-hydrogen) atoms. The molecule has 0 amide bonds. The molecular weight excluding hydrogens is 286 g/mol. The van der Waals surface area contributed by atoms with Gasteiger partial charge in [-0.3, -0.25) is 4.40 Å². The van der Waals surface area contributed by atoms with Crippen LogP contribution in [0.5, 0.6) is 5.75 Å². The van der Waals surface area contributed by atoms with Crippen molar-refractivity contribution in [1.29, 1.82) is 0 Å². The Hall–Kier alpha value is -2.20. The quantitative estimate of drug-likeness (QED) is 0.782. The fraction of sp³-hybridized carbons (Fsp3) is 0.188. The Morgan fingerprint density at radius 2 is 1.95 bits per heavy atom. The average molecular weight is 302 g/mol. The maximum atomic E-state index is 6.27. The molecule has 0 aliphatic carbocycles. The number of aryl methyl sites for hydroxylation is 2. The van der Waals surface area contributed by atoms with Crippen molar-refractivity contribution in [3.05, 3.63) is 46.6 Å². The van der Waals surface area contributed by atoms with Gasteiger partial charge >= 0.3 is 0 Å². The summed E-state index contributed by atoms with van der Waals surface area (Å²) in [4.78, 5) is 4.64. The van der Waals surface area contributed by atoms with Crippen LogP contribution in [0, 0.1) is 13.8 Å². The molecule has 0 unspecified atom stereocenters. The summed E-state index contributed by atoms with van der Waals surface area (Å²) in [5, 5.41) is 0.541. The van der Waals surface area contributed by atoms with E-state index in [1.165, 1.54) is 0 Å². The monoisotopic (exact) mass is 301 g/mol. The molecule has 0 bridgehead atoms. The van der Waals surface area contributed by atoms with Crippen molar-refractivity contribution < 1.29 is 4.74 Å². The highest BCUT2D eigenvalue weighted by Gasteiger charge is 2.14. The molecule has 2 N–H and O–H groups in total. The van der Waals surface area contributed by atoms with Crippen LogP contribution in [0.3, 0.4) is 0 Å². The molecule has 108 valence electrons. The van der Waals surface area contributed by atoms with Crippen molar-refractivity contribution in [2.75, 3.05) is 12.8 Å². The Kier molecular flexibility index (Phi) is 3.26. The van der Waals surface area contributed by atoms with Crippen molar-refractivity contribution in [3.63, 3.8) is 0 Å². The third-order valence-corrected chi connectivity index (χ3v) is 3.81. The number of ether oxygens (including phenoxy) is 1. The van der Waals surface area contributed by atoms with Crippen molar-refractivity contribution in [2.45, 2.75) is 13.8 Å². The summed E-state index contributed by atoms with van der Waals surface area (Å²) in [7, 11) is 1.59. The molecule has 3 rings (SSSR count). The predicted molar refractivity (Wildman–Crippen MR) is 86.1 cm³/mol. The topological polar surface area (TPSA) is 52.5 Å². The van der Waals surface area contributed by atoms with Crippen molar-refractivity contribution in [2.24, 2.45) is 0 Å². The first-order chi connectivity index (χ1) is 10.0. The van der Waals surface area contributed by atoms with Crippen LogP contribution in [0.4, 0.5) is 5.82 Å². The number of hydrogen-bond acceptors (Lipinski definition) is 3. The lowest BCUT2D eigenvalue weighted by molar-refractivity contribution is 0.415. The number of benzene rings is 1. The fourth-order valence-corrected chi connectivity index (χ4v) is 2.84. The van der Waals surface area contributed by atoms with Crippen molar-refractivity contribution in [3.8, 4) is 17.0 Å². The van der Waals surface area contributed by atoms with E-state index in [2.05, 4.69) is 11.1 Å². The Morgan fingerprint density at radius 1 is 1.19 bits per heavy atom. The normalized spacial score (nSPS) is 11.0. The second kappa shape index (κ2) is 4.97. The molecule has 3 aromatic rings. The van der Waals surface area contributed by atoms with Gasteiger partial charge < -0.3 is 10.5 Å². The minimum Gasteiger partial charge on any atom is -0.495 e. The van der Waals surface area contributed by atoms with Crippen LogP contribution in [0.1, 0.15) is 11.3 Å². The number of methoxy groups -OCH3 is 1. The first-order valence-electron chi connectivity index (χ1n) is 6.60. The van der Waals surface area contributed by atoms with Gasteiger partial charge in [-0.05, 0) is 49.7 Å². The molecule has 0 saturated heterocycles. The number of aromatic nitrogens is 2.